The molecule has 0 saturated carbocycles. The van der Waals surface area contributed by atoms with E-state index in [1.807, 2.05) is 24.3 Å². The molecule has 0 amide bonds. The molecule has 0 aliphatic carbocycles. The van der Waals surface area contributed by atoms with Crippen molar-refractivity contribution < 1.29 is 13.5 Å². The van der Waals surface area contributed by atoms with Gasteiger partial charge in [-0.05, 0) is 43.1 Å². The molecule has 4 heteroatoms. The predicted octanol–water partition coefficient (Wildman–Crippen LogP) is 6.09. The molecule has 0 heterocycles. The Morgan fingerprint density at radius 1 is 0.731 bits per heavy atom. The van der Waals surface area contributed by atoms with Gasteiger partial charge < -0.3 is 10.5 Å². The third-order valence-electron chi connectivity index (χ3n) is 4.42. The van der Waals surface area contributed by atoms with Crippen LogP contribution in [-0.2, 0) is 0 Å². The molecule has 0 unspecified atom stereocenters. The minimum atomic E-state index is -0.582. The highest BCUT2D eigenvalue weighted by atomic mass is 19.1. The smallest absolute Gasteiger partial charge is 0.127 e. The number of para-hydroxylation sites is 1. The van der Waals surface area contributed by atoms with Crippen LogP contribution < -0.4 is 10.5 Å². The molecule has 142 valence electrons. The molecule has 0 bridgehead atoms. The summed E-state index contributed by atoms with van der Waals surface area (Å²) in [5, 5.41) is 0. The van der Waals surface area contributed by atoms with Crippen molar-refractivity contribution in [3.8, 4) is 16.9 Å². The normalized spacial score (nSPS) is 10.9. The third-order valence-corrected chi connectivity index (χ3v) is 4.42. The molecule has 2 aromatic carbocycles. The van der Waals surface area contributed by atoms with Gasteiger partial charge >= 0.3 is 0 Å². The van der Waals surface area contributed by atoms with Crippen molar-refractivity contribution in [3.05, 3.63) is 54.1 Å². The standard InChI is InChI=1S/C22H29F2NO/c23-19-15-18(16-20(24)17-19)21-11-7-8-12-22(21)26-14-10-6-4-2-1-3-5-9-13-25/h7-8,11-12,15-17H,1-6,9-10,13-14,25H2. The average molecular weight is 361 g/mol. The van der Waals surface area contributed by atoms with Gasteiger partial charge in [0.1, 0.15) is 17.4 Å². The van der Waals surface area contributed by atoms with Crippen LogP contribution >= 0.6 is 0 Å². The second kappa shape index (κ2) is 11.6. The van der Waals surface area contributed by atoms with Crippen LogP contribution in [0.15, 0.2) is 42.5 Å². The molecule has 0 atom stereocenters. The lowest BCUT2D eigenvalue weighted by molar-refractivity contribution is 0.305. The van der Waals surface area contributed by atoms with E-state index in [0.717, 1.165) is 31.9 Å². The Balaban J connectivity index is 1.75. The Kier molecular flexibility index (Phi) is 9.11. The van der Waals surface area contributed by atoms with Crippen molar-refractivity contribution in [1.29, 1.82) is 0 Å². The molecule has 2 rings (SSSR count). The van der Waals surface area contributed by atoms with Gasteiger partial charge in [-0.3, -0.25) is 0 Å². The summed E-state index contributed by atoms with van der Waals surface area (Å²) >= 11 is 0. The molecule has 26 heavy (non-hydrogen) atoms. The van der Waals surface area contributed by atoms with Crippen molar-refractivity contribution >= 4 is 0 Å². The largest absolute Gasteiger partial charge is 0.493 e. The molecule has 0 fully saturated rings. The quantitative estimate of drug-likeness (QED) is 0.464. The maximum Gasteiger partial charge on any atom is 0.127 e. The van der Waals surface area contributed by atoms with E-state index in [9.17, 15) is 8.78 Å². The molecule has 0 aromatic heterocycles. The van der Waals surface area contributed by atoms with Crippen LogP contribution in [0.4, 0.5) is 8.78 Å². The summed E-state index contributed by atoms with van der Waals surface area (Å²) in [6.45, 7) is 1.41. The van der Waals surface area contributed by atoms with Gasteiger partial charge in [0.15, 0.2) is 0 Å². The third kappa shape index (κ3) is 7.12. The van der Waals surface area contributed by atoms with Crippen LogP contribution in [0.5, 0.6) is 5.75 Å². The Morgan fingerprint density at radius 2 is 1.31 bits per heavy atom. The zero-order valence-electron chi connectivity index (χ0n) is 15.4. The van der Waals surface area contributed by atoms with Gasteiger partial charge in [0.2, 0.25) is 0 Å². The SMILES string of the molecule is NCCCCCCCCCCOc1ccccc1-c1cc(F)cc(F)c1. The molecule has 2 nitrogen and oxygen atoms in total. The van der Waals surface area contributed by atoms with Crippen molar-refractivity contribution in [1.82, 2.24) is 0 Å². The number of benzene rings is 2. The maximum absolute atomic E-state index is 13.5. The lowest BCUT2D eigenvalue weighted by Crippen LogP contribution is -1.99. The number of unbranched alkanes of at least 4 members (excludes halogenated alkanes) is 7. The van der Waals surface area contributed by atoms with Gasteiger partial charge in [0.25, 0.3) is 0 Å². The minimum absolute atomic E-state index is 0.496. The summed E-state index contributed by atoms with van der Waals surface area (Å²) < 4.78 is 32.8. The average Bonchev–Trinajstić information content (AvgIpc) is 2.63. The molecular weight excluding hydrogens is 332 g/mol. The Hall–Kier alpha value is -1.94. The highest BCUT2D eigenvalue weighted by Crippen LogP contribution is 2.31. The molecule has 0 spiro atoms. The number of nitrogens with two attached hydrogens (primary N) is 1. The Morgan fingerprint density at radius 3 is 1.96 bits per heavy atom. The molecule has 0 radical (unpaired) electrons. The van der Waals surface area contributed by atoms with Gasteiger partial charge in [-0.2, -0.15) is 0 Å². The van der Waals surface area contributed by atoms with Gasteiger partial charge in [-0.15, -0.1) is 0 Å². The van der Waals surface area contributed by atoms with E-state index in [1.54, 1.807) is 0 Å². The van der Waals surface area contributed by atoms with Crippen LogP contribution in [0.1, 0.15) is 51.4 Å². The van der Waals surface area contributed by atoms with Crippen molar-refractivity contribution in [2.24, 2.45) is 5.73 Å². The lowest BCUT2D eigenvalue weighted by Gasteiger charge is -2.12. The van der Waals surface area contributed by atoms with Crippen molar-refractivity contribution in [2.45, 2.75) is 51.4 Å². The summed E-state index contributed by atoms with van der Waals surface area (Å²) in [5.74, 6) is -0.498. The summed E-state index contributed by atoms with van der Waals surface area (Å²) in [6.07, 6.45) is 9.48. The first kappa shape index (κ1) is 20.4. The lowest BCUT2D eigenvalue weighted by atomic mass is 10.0. The van der Waals surface area contributed by atoms with E-state index in [-0.39, 0.29) is 0 Å². The minimum Gasteiger partial charge on any atom is -0.493 e. The first-order valence-corrected chi connectivity index (χ1v) is 9.59. The van der Waals surface area contributed by atoms with Gasteiger partial charge in [0.05, 0.1) is 6.61 Å². The van der Waals surface area contributed by atoms with Crippen LogP contribution in [0, 0.1) is 11.6 Å². The maximum atomic E-state index is 13.5. The number of hydrogen-bond donors (Lipinski definition) is 1. The Bertz CT molecular complexity index is 640. The predicted molar refractivity (Wildman–Crippen MR) is 103 cm³/mol. The fraction of sp³-hybridized carbons (Fsp3) is 0.455. The molecule has 0 aliphatic rings. The van der Waals surface area contributed by atoms with Crippen LogP contribution in [0.2, 0.25) is 0 Å². The summed E-state index contributed by atoms with van der Waals surface area (Å²) in [4.78, 5) is 0. The molecular formula is C22H29F2NO. The Labute approximate surface area is 155 Å². The topological polar surface area (TPSA) is 35.2 Å². The number of ether oxygens (including phenoxy) is 1. The van der Waals surface area contributed by atoms with Gasteiger partial charge in [0, 0.05) is 11.6 Å². The number of halogens is 2. The van der Waals surface area contributed by atoms with E-state index >= 15 is 0 Å². The number of rotatable bonds is 12. The second-order valence-electron chi connectivity index (χ2n) is 6.62. The summed E-state index contributed by atoms with van der Waals surface area (Å²) in [6, 6.07) is 10.9. The zero-order chi connectivity index (χ0) is 18.6. The van der Waals surface area contributed by atoms with Crippen LogP contribution in [0.3, 0.4) is 0 Å². The molecule has 2 N–H and O–H groups in total. The summed E-state index contributed by atoms with van der Waals surface area (Å²) in [5.41, 5.74) is 6.69. The fourth-order valence-corrected chi connectivity index (χ4v) is 3.03. The highest BCUT2D eigenvalue weighted by molar-refractivity contribution is 5.70. The van der Waals surface area contributed by atoms with Crippen molar-refractivity contribution in [2.75, 3.05) is 13.2 Å². The number of hydrogen-bond acceptors (Lipinski definition) is 2. The summed E-state index contributed by atoms with van der Waals surface area (Å²) in [7, 11) is 0. The first-order valence-electron chi connectivity index (χ1n) is 9.59. The van der Waals surface area contributed by atoms with Crippen molar-refractivity contribution in [3.63, 3.8) is 0 Å². The highest BCUT2D eigenvalue weighted by Gasteiger charge is 2.08. The van der Waals surface area contributed by atoms with Gasteiger partial charge in [-0.1, -0.05) is 56.7 Å². The molecule has 0 aliphatic heterocycles. The molecule has 2 aromatic rings. The van der Waals surface area contributed by atoms with Crippen LogP contribution in [-0.4, -0.2) is 13.2 Å². The van der Waals surface area contributed by atoms with E-state index in [0.29, 0.717) is 23.5 Å². The van der Waals surface area contributed by atoms with E-state index in [2.05, 4.69) is 0 Å². The van der Waals surface area contributed by atoms with E-state index in [1.165, 1.54) is 44.2 Å². The fourth-order valence-electron chi connectivity index (χ4n) is 3.03. The zero-order valence-corrected chi connectivity index (χ0v) is 15.4. The van der Waals surface area contributed by atoms with E-state index in [4.69, 9.17) is 10.5 Å². The second-order valence-corrected chi connectivity index (χ2v) is 6.62. The van der Waals surface area contributed by atoms with Crippen LogP contribution in [0.25, 0.3) is 11.1 Å². The molecule has 0 saturated heterocycles. The van der Waals surface area contributed by atoms with Gasteiger partial charge in [-0.25, -0.2) is 8.78 Å². The monoisotopic (exact) mass is 361 g/mol. The van der Waals surface area contributed by atoms with E-state index < -0.39 is 11.6 Å². The first-order chi connectivity index (χ1) is 12.7.